The smallest absolute Gasteiger partial charge is 0.246 e. The van der Waals surface area contributed by atoms with E-state index in [-0.39, 0.29) is 5.69 Å². The Kier molecular flexibility index (Phi) is 1.58. The van der Waals surface area contributed by atoms with Gasteiger partial charge in [0.15, 0.2) is 0 Å². The molecule has 1 N–H and O–H groups in total. The molecule has 3 aromatic rings. The van der Waals surface area contributed by atoms with Gasteiger partial charge in [0.2, 0.25) is 0 Å². The van der Waals surface area contributed by atoms with Gasteiger partial charge >= 0.3 is 5.69 Å². The quantitative estimate of drug-likeness (QED) is 0.620. The van der Waals surface area contributed by atoms with Gasteiger partial charge in [-0.25, -0.2) is 19.3 Å². The highest BCUT2D eigenvalue weighted by molar-refractivity contribution is 6.31. The molecule has 0 atom stereocenters. The first-order valence-electron chi connectivity index (χ1n) is 4.27. The van der Waals surface area contributed by atoms with Crippen LogP contribution in [0.4, 0.5) is 0 Å². The molecular formula is C9H5ClN4O. The number of hydrogen-bond acceptors (Lipinski definition) is 3. The van der Waals surface area contributed by atoms with Gasteiger partial charge in [0.05, 0.1) is 5.52 Å². The fourth-order valence-corrected chi connectivity index (χ4v) is 1.71. The maximum absolute atomic E-state index is 11.5. The number of aromatic nitrogens is 4. The van der Waals surface area contributed by atoms with Crippen molar-refractivity contribution in [2.24, 2.45) is 0 Å². The number of halogens is 1. The van der Waals surface area contributed by atoms with Gasteiger partial charge in [0.25, 0.3) is 5.78 Å². The average Bonchev–Trinajstić information content (AvgIpc) is 2.60. The molecule has 0 spiro atoms. The molecule has 0 saturated heterocycles. The number of nitrogens with zero attached hydrogens (tertiary/aromatic N) is 3. The van der Waals surface area contributed by atoms with Crippen molar-refractivity contribution >= 4 is 28.3 Å². The number of nitrogens with one attached hydrogen (secondary N) is 1. The highest BCUT2D eigenvalue weighted by Gasteiger charge is 2.05. The van der Waals surface area contributed by atoms with Crippen molar-refractivity contribution in [3.05, 3.63) is 39.9 Å². The molecule has 0 radical (unpaired) electrons. The van der Waals surface area contributed by atoms with Crippen molar-refractivity contribution in [3.8, 4) is 0 Å². The van der Waals surface area contributed by atoms with Crippen LogP contribution >= 0.6 is 11.6 Å². The minimum absolute atomic E-state index is 0.314. The van der Waals surface area contributed by atoms with Crippen LogP contribution in [-0.4, -0.2) is 19.6 Å². The Balaban J connectivity index is 2.67. The maximum atomic E-state index is 11.5. The van der Waals surface area contributed by atoms with E-state index >= 15 is 0 Å². The van der Waals surface area contributed by atoms with Gasteiger partial charge in [-0.3, -0.25) is 0 Å². The van der Waals surface area contributed by atoms with E-state index < -0.39 is 0 Å². The second-order valence-corrected chi connectivity index (χ2v) is 3.56. The minimum Gasteiger partial charge on any atom is -0.246 e. The average molecular weight is 221 g/mol. The van der Waals surface area contributed by atoms with Crippen molar-refractivity contribution in [1.29, 1.82) is 0 Å². The zero-order valence-corrected chi connectivity index (χ0v) is 8.19. The molecule has 0 fully saturated rings. The third-order valence-corrected chi connectivity index (χ3v) is 2.44. The predicted molar refractivity (Wildman–Crippen MR) is 56.1 cm³/mol. The second kappa shape index (κ2) is 2.80. The summed E-state index contributed by atoms with van der Waals surface area (Å²) in [6.45, 7) is 0. The Morgan fingerprint density at radius 1 is 1.40 bits per heavy atom. The van der Waals surface area contributed by atoms with Crippen molar-refractivity contribution in [1.82, 2.24) is 19.6 Å². The first-order chi connectivity index (χ1) is 7.25. The molecule has 3 rings (SSSR count). The van der Waals surface area contributed by atoms with Crippen LogP contribution in [0, 0.1) is 0 Å². The summed E-state index contributed by atoms with van der Waals surface area (Å²) >= 11 is 5.87. The first-order valence-corrected chi connectivity index (χ1v) is 4.65. The van der Waals surface area contributed by atoms with E-state index in [1.165, 1.54) is 4.40 Å². The lowest BCUT2D eigenvalue weighted by atomic mass is 10.2. The standard InChI is InChI=1S/C9H5ClN4O/c10-6-2-1-5-4-11-8-12-13-9(15)14(8)7(5)3-6/h1-4H,(H,13,15). The summed E-state index contributed by atoms with van der Waals surface area (Å²) in [6, 6.07) is 5.27. The number of rotatable bonds is 0. The number of aromatic amines is 1. The maximum Gasteiger partial charge on any atom is 0.349 e. The highest BCUT2D eigenvalue weighted by Crippen LogP contribution is 2.17. The van der Waals surface area contributed by atoms with E-state index in [1.54, 1.807) is 18.3 Å². The van der Waals surface area contributed by atoms with Gasteiger partial charge < -0.3 is 0 Å². The molecule has 0 saturated carbocycles. The van der Waals surface area contributed by atoms with Crippen LogP contribution in [0.5, 0.6) is 0 Å². The molecule has 15 heavy (non-hydrogen) atoms. The lowest BCUT2D eigenvalue weighted by Gasteiger charge is -1.99. The largest absolute Gasteiger partial charge is 0.349 e. The molecule has 5 nitrogen and oxygen atoms in total. The van der Waals surface area contributed by atoms with Crippen LogP contribution in [0.25, 0.3) is 16.7 Å². The number of fused-ring (bicyclic) bond motifs is 3. The third-order valence-electron chi connectivity index (χ3n) is 2.21. The molecule has 1 aromatic carbocycles. The fraction of sp³-hybridized carbons (Fsp3) is 0. The summed E-state index contributed by atoms with van der Waals surface area (Å²) in [5.74, 6) is 0.342. The van der Waals surface area contributed by atoms with Crippen molar-refractivity contribution in [3.63, 3.8) is 0 Å². The molecule has 74 valence electrons. The lowest BCUT2D eigenvalue weighted by Crippen LogP contribution is -2.10. The van der Waals surface area contributed by atoms with Crippen LogP contribution in [0.15, 0.2) is 29.2 Å². The number of H-pyrrole nitrogens is 1. The molecule has 2 aromatic heterocycles. The number of benzene rings is 1. The van der Waals surface area contributed by atoms with E-state index in [0.29, 0.717) is 16.3 Å². The van der Waals surface area contributed by atoms with E-state index in [4.69, 9.17) is 11.6 Å². The molecule has 0 bridgehead atoms. The summed E-state index contributed by atoms with van der Waals surface area (Å²) < 4.78 is 1.39. The van der Waals surface area contributed by atoms with Gasteiger partial charge in [-0.15, -0.1) is 5.10 Å². The van der Waals surface area contributed by atoms with Gasteiger partial charge in [-0.1, -0.05) is 11.6 Å². The SMILES string of the molecule is O=c1[nH]nc2ncc3ccc(Cl)cc3n12. The molecule has 0 amide bonds. The summed E-state index contributed by atoms with van der Waals surface area (Å²) in [5.41, 5.74) is 0.386. The lowest BCUT2D eigenvalue weighted by molar-refractivity contribution is 1.04. The molecule has 0 unspecified atom stereocenters. The Bertz CT molecular complexity index is 715. The Morgan fingerprint density at radius 3 is 3.13 bits per heavy atom. The molecule has 2 heterocycles. The fourth-order valence-electron chi connectivity index (χ4n) is 1.54. The topological polar surface area (TPSA) is 63.0 Å². The normalized spacial score (nSPS) is 11.3. The van der Waals surface area contributed by atoms with E-state index in [1.807, 2.05) is 6.07 Å². The van der Waals surface area contributed by atoms with Crippen LogP contribution < -0.4 is 5.69 Å². The highest BCUT2D eigenvalue weighted by atomic mass is 35.5. The molecule has 0 aliphatic heterocycles. The molecule has 0 aliphatic carbocycles. The van der Waals surface area contributed by atoms with E-state index in [0.717, 1.165) is 5.39 Å². The van der Waals surface area contributed by atoms with Crippen LogP contribution in [0.2, 0.25) is 5.02 Å². The Hall–Kier alpha value is -1.88. The van der Waals surface area contributed by atoms with Gasteiger partial charge in [-0.2, -0.15) is 0 Å². The number of hydrogen-bond donors (Lipinski definition) is 1. The van der Waals surface area contributed by atoms with Crippen molar-refractivity contribution in [2.45, 2.75) is 0 Å². The van der Waals surface area contributed by atoms with E-state index in [9.17, 15) is 4.79 Å². The molecule has 0 aliphatic rings. The Labute approximate surface area is 88.3 Å². The molecule has 6 heteroatoms. The Morgan fingerprint density at radius 2 is 2.27 bits per heavy atom. The van der Waals surface area contributed by atoms with Gasteiger partial charge in [0, 0.05) is 16.6 Å². The van der Waals surface area contributed by atoms with Crippen LogP contribution in [0.3, 0.4) is 0 Å². The summed E-state index contributed by atoms with van der Waals surface area (Å²) in [4.78, 5) is 15.5. The molecular weight excluding hydrogens is 216 g/mol. The third kappa shape index (κ3) is 1.13. The minimum atomic E-state index is -0.314. The zero-order valence-electron chi connectivity index (χ0n) is 7.44. The van der Waals surface area contributed by atoms with E-state index in [2.05, 4.69) is 15.2 Å². The van der Waals surface area contributed by atoms with Crippen molar-refractivity contribution in [2.75, 3.05) is 0 Å². The first kappa shape index (κ1) is 8.43. The summed E-state index contributed by atoms with van der Waals surface area (Å²) in [5, 5.41) is 7.52. The zero-order chi connectivity index (χ0) is 10.4. The summed E-state index contributed by atoms with van der Waals surface area (Å²) in [6.07, 6.45) is 1.65. The van der Waals surface area contributed by atoms with Crippen LogP contribution in [0.1, 0.15) is 0 Å². The van der Waals surface area contributed by atoms with Crippen LogP contribution in [-0.2, 0) is 0 Å². The van der Waals surface area contributed by atoms with Gasteiger partial charge in [0.1, 0.15) is 0 Å². The summed E-state index contributed by atoms with van der Waals surface area (Å²) in [7, 11) is 0. The predicted octanol–water partition coefficient (Wildman–Crippen LogP) is 1.22. The second-order valence-electron chi connectivity index (χ2n) is 3.13. The monoisotopic (exact) mass is 220 g/mol. The van der Waals surface area contributed by atoms with Gasteiger partial charge in [-0.05, 0) is 18.2 Å². The van der Waals surface area contributed by atoms with Crippen molar-refractivity contribution < 1.29 is 0 Å².